The van der Waals surface area contributed by atoms with Crippen molar-refractivity contribution in [3.05, 3.63) is 77.9 Å². The van der Waals surface area contributed by atoms with Crippen molar-refractivity contribution in [2.75, 3.05) is 0 Å². The van der Waals surface area contributed by atoms with Gasteiger partial charge in [0.05, 0.1) is 0 Å². The van der Waals surface area contributed by atoms with E-state index in [9.17, 15) is 4.79 Å². The molecule has 2 nitrogen and oxygen atoms in total. The molecular formula is C21H12O2. The summed E-state index contributed by atoms with van der Waals surface area (Å²) < 4.78 is 6.09. The Kier molecular flexibility index (Phi) is 2.39. The van der Waals surface area contributed by atoms with Gasteiger partial charge in [0.1, 0.15) is 11.3 Å². The largest absolute Gasteiger partial charge is 0.455 e. The molecule has 0 saturated heterocycles. The Morgan fingerprint density at radius 1 is 0.783 bits per heavy atom. The molecule has 0 radical (unpaired) electrons. The second-order valence-electron chi connectivity index (χ2n) is 5.78. The van der Waals surface area contributed by atoms with E-state index in [4.69, 9.17) is 4.42 Å². The second-order valence-corrected chi connectivity index (χ2v) is 5.78. The molecule has 2 heteroatoms. The molecule has 5 rings (SSSR count). The van der Waals surface area contributed by atoms with E-state index < -0.39 is 0 Å². The smallest absolute Gasteiger partial charge is 0.186 e. The number of allylic oxidation sites excluding steroid dienone is 1. The molecule has 1 aliphatic carbocycles. The lowest BCUT2D eigenvalue weighted by Crippen LogP contribution is -1.99. The maximum Gasteiger partial charge on any atom is 0.186 e. The van der Waals surface area contributed by atoms with Gasteiger partial charge in [0.25, 0.3) is 0 Å². The summed E-state index contributed by atoms with van der Waals surface area (Å²) in [5, 5.41) is 3.30. The molecule has 1 aromatic heterocycles. The number of fused-ring (bicyclic) bond motifs is 1. The summed E-state index contributed by atoms with van der Waals surface area (Å²) in [6.07, 6.45) is 3.49. The van der Waals surface area contributed by atoms with Gasteiger partial charge in [0.15, 0.2) is 5.78 Å². The summed E-state index contributed by atoms with van der Waals surface area (Å²) in [5.41, 5.74) is 3.50. The monoisotopic (exact) mass is 296 g/mol. The number of carbonyl (C=O) groups excluding carboxylic acids is 1. The fourth-order valence-corrected chi connectivity index (χ4v) is 3.33. The van der Waals surface area contributed by atoms with Gasteiger partial charge in [-0.2, -0.15) is 0 Å². The molecule has 108 valence electrons. The maximum absolute atomic E-state index is 12.1. The molecule has 0 aliphatic heterocycles. The van der Waals surface area contributed by atoms with Crippen LogP contribution in [0.1, 0.15) is 15.9 Å². The van der Waals surface area contributed by atoms with Gasteiger partial charge in [-0.3, -0.25) is 4.79 Å². The Bertz CT molecular complexity index is 1130. The van der Waals surface area contributed by atoms with Crippen LogP contribution in [0.5, 0.6) is 0 Å². The van der Waals surface area contributed by atoms with Crippen molar-refractivity contribution in [2.24, 2.45) is 0 Å². The molecule has 0 atom stereocenters. The average Bonchev–Trinajstić information content (AvgIpc) is 2.98. The minimum atomic E-state index is 0.0361. The highest BCUT2D eigenvalue weighted by molar-refractivity contribution is 6.20. The van der Waals surface area contributed by atoms with Crippen molar-refractivity contribution in [2.45, 2.75) is 0 Å². The minimum Gasteiger partial charge on any atom is -0.455 e. The molecule has 1 aliphatic rings. The fourth-order valence-electron chi connectivity index (χ4n) is 3.33. The molecule has 0 amide bonds. The molecule has 0 N–H and O–H groups in total. The molecule has 23 heavy (non-hydrogen) atoms. The van der Waals surface area contributed by atoms with Gasteiger partial charge in [-0.1, -0.05) is 48.5 Å². The minimum absolute atomic E-state index is 0.0361. The van der Waals surface area contributed by atoms with Crippen LogP contribution < -0.4 is 0 Å². The van der Waals surface area contributed by atoms with E-state index in [1.165, 1.54) is 10.8 Å². The van der Waals surface area contributed by atoms with E-state index in [-0.39, 0.29) is 5.78 Å². The van der Waals surface area contributed by atoms with Crippen molar-refractivity contribution < 1.29 is 9.21 Å². The van der Waals surface area contributed by atoms with E-state index >= 15 is 0 Å². The van der Waals surface area contributed by atoms with Crippen LogP contribution >= 0.6 is 0 Å². The number of carbonyl (C=O) groups is 1. The molecule has 0 unspecified atom stereocenters. The highest BCUT2D eigenvalue weighted by Crippen LogP contribution is 2.39. The van der Waals surface area contributed by atoms with Gasteiger partial charge < -0.3 is 4.42 Å². The predicted octanol–water partition coefficient (Wildman–Crippen LogP) is 5.46. The van der Waals surface area contributed by atoms with Crippen molar-refractivity contribution >= 4 is 33.6 Å². The van der Waals surface area contributed by atoms with Crippen LogP contribution in [0.3, 0.4) is 0 Å². The summed E-state index contributed by atoms with van der Waals surface area (Å²) >= 11 is 0. The molecule has 1 heterocycles. The lowest BCUT2D eigenvalue weighted by atomic mass is 9.94. The topological polar surface area (TPSA) is 30.2 Å². The van der Waals surface area contributed by atoms with Gasteiger partial charge >= 0.3 is 0 Å². The first-order chi connectivity index (χ1) is 11.3. The van der Waals surface area contributed by atoms with Gasteiger partial charge in [0, 0.05) is 22.1 Å². The molecular weight excluding hydrogens is 284 g/mol. The van der Waals surface area contributed by atoms with Gasteiger partial charge in [-0.25, -0.2) is 0 Å². The van der Waals surface area contributed by atoms with Gasteiger partial charge in [-0.15, -0.1) is 0 Å². The number of rotatable bonds is 1. The first-order valence-corrected chi connectivity index (χ1v) is 7.58. The van der Waals surface area contributed by atoms with E-state index in [0.717, 1.165) is 33.4 Å². The van der Waals surface area contributed by atoms with Gasteiger partial charge in [0.2, 0.25) is 0 Å². The summed E-state index contributed by atoms with van der Waals surface area (Å²) in [7, 11) is 0. The number of benzene rings is 3. The third kappa shape index (κ3) is 1.72. The Hall–Kier alpha value is -3.13. The van der Waals surface area contributed by atoms with E-state index in [1.54, 1.807) is 6.08 Å². The molecule has 0 spiro atoms. The molecule has 0 fully saturated rings. The fraction of sp³-hybridized carbons (Fsp3) is 0. The predicted molar refractivity (Wildman–Crippen MR) is 92.5 cm³/mol. The van der Waals surface area contributed by atoms with E-state index in [2.05, 4.69) is 30.3 Å². The number of furan rings is 1. The summed E-state index contributed by atoms with van der Waals surface area (Å²) in [6.45, 7) is 0. The lowest BCUT2D eigenvalue weighted by molar-refractivity contribution is 0.104. The third-order valence-electron chi connectivity index (χ3n) is 4.43. The highest BCUT2D eigenvalue weighted by Gasteiger charge is 2.22. The quantitative estimate of drug-likeness (QED) is 0.466. The summed E-state index contributed by atoms with van der Waals surface area (Å²) in [4.78, 5) is 12.1. The van der Waals surface area contributed by atoms with E-state index in [0.29, 0.717) is 0 Å². The van der Waals surface area contributed by atoms with Crippen molar-refractivity contribution in [3.63, 3.8) is 0 Å². The SMILES string of the molecule is O=C1C=Cc2c(-c3ccc4ccccc4c3)oc3cccc1c23. The van der Waals surface area contributed by atoms with Crippen LogP contribution in [0.15, 0.2) is 71.2 Å². The first-order valence-electron chi connectivity index (χ1n) is 7.58. The highest BCUT2D eigenvalue weighted by atomic mass is 16.3. The summed E-state index contributed by atoms with van der Waals surface area (Å²) in [6, 6.07) is 20.2. The standard InChI is InChI=1S/C21H12O2/c22-18-11-10-17-20-16(18)6-3-7-19(20)23-21(17)15-9-8-13-4-1-2-5-14(13)12-15/h1-12H. The third-order valence-corrected chi connectivity index (χ3v) is 4.43. The molecule has 0 saturated carbocycles. The van der Waals surface area contributed by atoms with Crippen LogP contribution in [0, 0.1) is 0 Å². The average molecular weight is 296 g/mol. The van der Waals surface area contributed by atoms with Crippen LogP contribution in [0.25, 0.3) is 39.1 Å². The first kappa shape index (κ1) is 12.4. The maximum atomic E-state index is 12.1. The number of hydrogen-bond acceptors (Lipinski definition) is 2. The lowest BCUT2D eigenvalue weighted by Gasteiger charge is -2.06. The normalized spacial score (nSPS) is 13.1. The van der Waals surface area contributed by atoms with Crippen molar-refractivity contribution in [1.29, 1.82) is 0 Å². The Morgan fingerprint density at radius 3 is 2.57 bits per heavy atom. The van der Waals surface area contributed by atoms with Crippen LogP contribution in [-0.4, -0.2) is 5.78 Å². The number of hydrogen-bond donors (Lipinski definition) is 0. The molecule has 4 aromatic rings. The van der Waals surface area contributed by atoms with Crippen LogP contribution in [0.4, 0.5) is 0 Å². The number of ketones is 1. The second kappa shape index (κ2) is 4.43. The Morgan fingerprint density at radius 2 is 1.65 bits per heavy atom. The van der Waals surface area contributed by atoms with Crippen LogP contribution in [0.2, 0.25) is 0 Å². The zero-order chi connectivity index (χ0) is 15.4. The zero-order valence-corrected chi connectivity index (χ0v) is 12.2. The Labute approximate surface area is 132 Å². The summed E-state index contributed by atoms with van der Waals surface area (Å²) in [5.74, 6) is 0.857. The van der Waals surface area contributed by atoms with Crippen LogP contribution in [-0.2, 0) is 0 Å². The van der Waals surface area contributed by atoms with Gasteiger partial charge in [-0.05, 0) is 35.1 Å². The Balaban J connectivity index is 1.83. The van der Waals surface area contributed by atoms with Crippen molar-refractivity contribution in [3.8, 4) is 11.3 Å². The van der Waals surface area contributed by atoms with Crippen molar-refractivity contribution in [1.82, 2.24) is 0 Å². The molecule has 3 aromatic carbocycles. The molecule has 0 bridgehead atoms. The zero-order valence-electron chi connectivity index (χ0n) is 12.2. The van der Waals surface area contributed by atoms with E-state index in [1.807, 2.05) is 36.4 Å².